The molecule has 1 rings (SSSR count). The normalized spacial score (nSPS) is 19.2. The highest BCUT2D eigenvalue weighted by molar-refractivity contribution is 5.20. The molecule has 0 aromatic carbocycles. The molecule has 1 aliphatic rings. The standard InChI is InChI=1S/C13H22/c1-13(2,3)11-7-10-12-8-5-4-6-9-12/h7-8,10H,4-6,9,11H2,1-3H3. The Hall–Kier alpha value is -0.520. The highest BCUT2D eigenvalue weighted by atomic mass is 14.1. The largest absolute Gasteiger partial charge is 0.0838 e. The second kappa shape index (κ2) is 4.64. The first-order valence-corrected chi connectivity index (χ1v) is 5.43. The minimum absolute atomic E-state index is 0.436. The Kier molecular flexibility index (Phi) is 3.77. The molecule has 1 aliphatic carbocycles. The summed E-state index contributed by atoms with van der Waals surface area (Å²) in [5.74, 6) is 0. The summed E-state index contributed by atoms with van der Waals surface area (Å²) < 4.78 is 0. The van der Waals surface area contributed by atoms with E-state index in [0.29, 0.717) is 5.41 Å². The maximum atomic E-state index is 2.39. The van der Waals surface area contributed by atoms with Crippen molar-refractivity contribution in [3.8, 4) is 0 Å². The van der Waals surface area contributed by atoms with Gasteiger partial charge in [0.25, 0.3) is 0 Å². The molecule has 0 unspecified atom stereocenters. The molecule has 0 heterocycles. The van der Waals surface area contributed by atoms with E-state index in [0.717, 1.165) is 0 Å². The summed E-state index contributed by atoms with van der Waals surface area (Å²) in [7, 11) is 0. The fourth-order valence-electron chi connectivity index (χ4n) is 1.58. The summed E-state index contributed by atoms with van der Waals surface area (Å²) in [6.45, 7) is 6.85. The van der Waals surface area contributed by atoms with Crippen LogP contribution in [0.5, 0.6) is 0 Å². The van der Waals surface area contributed by atoms with E-state index in [2.05, 4.69) is 39.0 Å². The van der Waals surface area contributed by atoms with Gasteiger partial charge in [0, 0.05) is 0 Å². The summed E-state index contributed by atoms with van der Waals surface area (Å²) in [5.41, 5.74) is 1.99. The van der Waals surface area contributed by atoms with Gasteiger partial charge in [0.05, 0.1) is 0 Å². The van der Waals surface area contributed by atoms with Gasteiger partial charge in [0.2, 0.25) is 0 Å². The minimum atomic E-state index is 0.436. The van der Waals surface area contributed by atoms with Crippen LogP contribution < -0.4 is 0 Å². The van der Waals surface area contributed by atoms with Crippen LogP contribution in [0.3, 0.4) is 0 Å². The molecule has 0 nitrogen and oxygen atoms in total. The Bertz CT molecular complexity index is 201. The Labute approximate surface area is 82.7 Å². The quantitative estimate of drug-likeness (QED) is 0.585. The molecule has 0 amide bonds. The predicted octanol–water partition coefficient (Wildman–Crippen LogP) is 4.48. The van der Waals surface area contributed by atoms with Gasteiger partial charge in [-0.1, -0.05) is 44.6 Å². The zero-order chi connectivity index (χ0) is 9.73. The SMILES string of the molecule is CC(C)(C)CC=CC1=CCCCC1. The number of rotatable bonds is 2. The topological polar surface area (TPSA) is 0 Å². The molecule has 13 heavy (non-hydrogen) atoms. The Morgan fingerprint density at radius 1 is 1.31 bits per heavy atom. The van der Waals surface area contributed by atoms with Crippen molar-refractivity contribution in [1.82, 2.24) is 0 Å². The van der Waals surface area contributed by atoms with Gasteiger partial charge in [0.15, 0.2) is 0 Å². The molecule has 0 saturated heterocycles. The summed E-state index contributed by atoms with van der Waals surface area (Å²) >= 11 is 0. The molecule has 0 atom stereocenters. The van der Waals surface area contributed by atoms with Crippen molar-refractivity contribution in [3.63, 3.8) is 0 Å². The van der Waals surface area contributed by atoms with Crippen LogP contribution in [0.2, 0.25) is 0 Å². The van der Waals surface area contributed by atoms with Crippen LogP contribution in [-0.2, 0) is 0 Å². The average molecular weight is 178 g/mol. The lowest BCUT2D eigenvalue weighted by Gasteiger charge is -2.15. The van der Waals surface area contributed by atoms with Crippen LogP contribution in [0.4, 0.5) is 0 Å². The van der Waals surface area contributed by atoms with Crippen molar-refractivity contribution < 1.29 is 0 Å². The number of hydrogen-bond donors (Lipinski definition) is 0. The van der Waals surface area contributed by atoms with Crippen LogP contribution >= 0.6 is 0 Å². The molecule has 0 aromatic rings. The van der Waals surface area contributed by atoms with Gasteiger partial charge in [-0.15, -0.1) is 0 Å². The van der Waals surface area contributed by atoms with Crippen molar-refractivity contribution in [3.05, 3.63) is 23.8 Å². The molecule has 0 aliphatic heterocycles. The summed E-state index contributed by atoms with van der Waals surface area (Å²) in [4.78, 5) is 0. The lowest BCUT2D eigenvalue weighted by atomic mass is 9.91. The number of hydrogen-bond acceptors (Lipinski definition) is 0. The third kappa shape index (κ3) is 4.92. The predicted molar refractivity (Wildman–Crippen MR) is 59.8 cm³/mol. The van der Waals surface area contributed by atoms with Gasteiger partial charge in [0.1, 0.15) is 0 Å². The summed E-state index contributed by atoms with van der Waals surface area (Å²) in [5, 5.41) is 0. The maximum Gasteiger partial charge on any atom is -0.0282 e. The first-order valence-electron chi connectivity index (χ1n) is 5.43. The maximum absolute atomic E-state index is 2.39. The van der Waals surface area contributed by atoms with Gasteiger partial charge < -0.3 is 0 Å². The van der Waals surface area contributed by atoms with Crippen molar-refractivity contribution in [2.45, 2.75) is 52.9 Å². The van der Waals surface area contributed by atoms with Crippen LogP contribution in [0.15, 0.2) is 23.8 Å². The molecule has 0 heteroatoms. The van der Waals surface area contributed by atoms with Crippen molar-refractivity contribution in [2.75, 3.05) is 0 Å². The van der Waals surface area contributed by atoms with Crippen molar-refractivity contribution in [1.29, 1.82) is 0 Å². The lowest BCUT2D eigenvalue weighted by Crippen LogP contribution is -2.01. The molecule has 0 aromatic heterocycles. The minimum Gasteiger partial charge on any atom is -0.0838 e. The van der Waals surface area contributed by atoms with Gasteiger partial charge in [-0.3, -0.25) is 0 Å². The smallest absolute Gasteiger partial charge is 0.0282 e. The molecule has 0 spiro atoms. The summed E-state index contributed by atoms with van der Waals surface area (Å²) in [6, 6.07) is 0. The van der Waals surface area contributed by atoms with E-state index < -0.39 is 0 Å². The van der Waals surface area contributed by atoms with E-state index in [1.807, 2.05) is 0 Å². The van der Waals surface area contributed by atoms with Crippen LogP contribution in [0, 0.1) is 5.41 Å². The molecule has 0 N–H and O–H groups in total. The Morgan fingerprint density at radius 3 is 2.62 bits per heavy atom. The first-order chi connectivity index (χ1) is 6.08. The zero-order valence-corrected chi connectivity index (χ0v) is 9.27. The van der Waals surface area contributed by atoms with E-state index in [4.69, 9.17) is 0 Å². The van der Waals surface area contributed by atoms with E-state index in [1.54, 1.807) is 5.57 Å². The molecule has 0 radical (unpaired) electrons. The average Bonchev–Trinajstić information content (AvgIpc) is 2.04. The van der Waals surface area contributed by atoms with Crippen molar-refractivity contribution in [2.24, 2.45) is 5.41 Å². The molecule has 0 saturated carbocycles. The lowest BCUT2D eigenvalue weighted by molar-refractivity contribution is 0.420. The highest BCUT2D eigenvalue weighted by Gasteiger charge is 2.06. The third-order valence-corrected chi connectivity index (χ3v) is 2.39. The fraction of sp³-hybridized carbons (Fsp3) is 0.692. The molecular weight excluding hydrogens is 156 g/mol. The Balaban J connectivity index is 2.35. The fourth-order valence-corrected chi connectivity index (χ4v) is 1.58. The van der Waals surface area contributed by atoms with E-state index in [9.17, 15) is 0 Å². The van der Waals surface area contributed by atoms with Gasteiger partial charge >= 0.3 is 0 Å². The van der Waals surface area contributed by atoms with Gasteiger partial charge in [-0.25, -0.2) is 0 Å². The molecular formula is C13H22. The van der Waals surface area contributed by atoms with Crippen LogP contribution in [0.25, 0.3) is 0 Å². The molecule has 74 valence electrons. The molecule has 0 fully saturated rings. The summed E-state index contributed by atoms with van der Waals surface area (Å²) in [6.07, 6.45) is 13.6. The van der Waals surface area contributed by atoms with Gasteiger partial charge in [-0.2, -0.15) is 0 Å². The Morgan fingerprint density at radius 2 is 2.08 bits per heavy atom. The first kappa shape index (κ1) is 10.6. The zero-order valence-electron chi connectivity index (χ0n) is 9.27. The number of allylic oxidation sites excluding steroid dienone is 4. The van der Waals surface area contributed by atoms with E-state index in [1.165, 1.54) is 32.1 Å². The van der Waals surface area contributed by atoms with Gasteiger partial charge in [-0.05, 0) is 37.5 Å². The second-order valence-corrected chi connectivity index (χ2v) is 5.19. The molecule has 0 bridgehead atoms. The monoisotopic (exact) mass is 178 g/mol. The van der Waals surface area contributed by atoms with E-state index in [-0.39, 0.29) is 0 Å². The third-order valence-electron chi connectivity index (χ3n) is 2.39. The van der Waals surface area contributed by atoms with Crippen molar-refractivity contribution >= 4 is 0 Å². The van der Waals surface area contributed by atoms with Crippen LogP contribution in [0.1, 0.15) is 52.9 Å². The second-order valence-electron chi connectivity index (χ2n) is 5.19. The van der Waals surface area contributed by atoms with E-state index >= 15 is 0 Å². The van der Waals surface area contributed by atoms with Crippen LogP contribution in [-0.4, -0.2) is 0 Å². The highest BCUT2D eigenvalue weighted by Crippen LogP contribution is 2.22.